The Morgan fingerprint density at radius 3 is 2.93 bits per heavy atom. The monoisotopic (exact) mass is 216 g/mol. The highest BCUT2D eigenvalue weighted by atomic mass is 35.5. The van der Waals surface area contributed by atoms with E-state index < -0.39 is 5.82 Å². The van der Waals surface area contributed by atoms with Gasteiger partial charge in [-0.15, -0.1) is 0 Å². The maximum atomic E-state index is 13.1. The van der Waals surface area contributed by atoms with Crippen LogP contribution in [0.15, 0.2) is 18.2 Å². The number of nitrogens with one attached hydrogen (secondary N) is 1. The summed E-state index contributed by atoms with van der Waals surface area (Å²) in [6.07, 6.45) is 0. The predicted molar refractivity (Wildman–Crippen MR) is 52.3 cm³/mol. The number of hydrogen-bond donors (Lipinski definition) is 2. The molecule has 1 rings (SSSR count). The first kappa shape index (κ1) is 10.9. The lowest BCUT2D eigenvalue weighted by Gasteiger charge is -2.05. The number of carbonyl (C=O) groups is 1. The third kappa shape index (κ3) is 2.97. The van der Waals surface area contributed by atoms with E-state index in [1.807, 2.05) is 0 Å². The van der Waals surface area contributed by atoms with Crippen LogP contribution in [0.25, 0.3) is 0 Å². The fraction of sp³-hybridized carbons (Fsp3) is 0.222. The zero-order valence-corrected chi connectivity index (χ0v) is 8.14. The molecule has 0 atom stereocenters. The zero-order valence-electron chi connectivity index (χ0n) is 7.39. The van der Waals surface area contributed by atoms with Gasteiger partial charge in [-0.05, 0) is 18.2 Å². The summed E-state index contributed by atoms with van der Waals surface area (Å²) in [4.78, 5) is 10.8. The van der Waals surface area contributed by atoms with Gasteiger partial charge in [0.25, 0.3) is 0 Å². The highest BCUT2D eigenvalue weighted by Crippen LogP contribution is 2.14. The van der Waals surface area contributed by atoms with Crippen LogP contribution >= 0.6 is 11.6 Å². The van der Waals surface area contributed by atoms with Gasteiger partial charge in [-0.2, -0.15) is 0 Å². The van der Waals surface area contributed by atoms with E-state index in [0.29, 0.717) is 10.6 Å². The van der Waals surface area contributed by atoms with Crippen molar-refractivity contribution >= 4 is 17.5 Å². The molecule has 0 aliphatic rings. The zero-order chi connectivity index (χ0) is 10.6. The van der Waals surface area contributed by atoms with Gasteiger partial charge in [0.1, 0.15) is 5.82 Å². The summed E-state index contributed by atoms with van der Waals surface area (Å²) in [5.41, 5.74) is 5.42. The van der Waals surface area contributed by atoms with E-state index in [1.54, 1.807) is 0 Å². The molecular weight excluding hydrogens is 207 g/mol. The van der Waals surface area contributed by atoms with Crippen LogP contribution in [0.2, 0.25) is 5.02 Å². The second-order valence-corrected chi connectivity index (χ2v) is 3.15. The van der Waals surface area contributed by atoms with Gasteiger partial charge >= 0.3 is 0 Å². The van der Waals surface area contributed by atoms with Gasteiger partial charge in [-0.3, -0.25) is 4.79 Å². The molecule has 0 bridgehead atoms. The number of amides is 1. The summed E-state index contributed by atoms with van der Waals surface area (Å²) in [6.45, 7) is -0.00931. The number of carbonyl (C=O) groups excluding carboxylic acids is 1. The van der Waals surface area contributed by atoms with Gasteiger partial charge < -0.3 is 11.1 Å². The molecule has 0 fully saturated rings. The Balaban J connectivity index is 2.66. The number of rotatable bonds is 3. The van der Waals surface area contributed by atoms with Gasteiger partial charge in [0.2, 0.25) is 5.91 Å². The minimum atomic E-state index is -0.397. The van der Waals surface area contributed by atoms with E-state index >= 15 is 0 Å². The summed E-state index contributed by atoms with van der Waals surface area (Å²) in [7, 11) is 0. The normalized spacial score (nSPS) is 9.93. The fourth-order valence-corrected chi connectivity index (χ4v) is 1.14. The largest absolute Gasteiger partial charge is 0.351 e. The summed E-state index contributed by atoms with van der Waals surface area (Å²) in [5.74, 6) is -0.726. The lowest BCUT2D eigenvalue weighted by atomic mass is 10.2. The topological polar surface area (TPSA) is 55.1 Å². The van der Waals surface area contributed by atoms with Crippen LogP contribution < -0.4 is 11.1 Å². The molecule has 14 heavy (non-hydrogen) atoms. The average Bonchev–Trinajstić information content (AvgIpc) is 2.19. The molecule has 1 amide bonds. The summed E-state index contributed by atoms with van der Waals surface area (Å²) in [6, 6.07) is 4.17. The van der Waals surface area contributed by atoms with Gasteiger partial charge in [-0.1, -0.05) is 11.6 Å². The van der Waals surface area contributed by atoms with Crippen LogP contribution in [-0.4, -0.2) is 12.5 Å². The molecule has 1 aromatic rings. The van der Waals surface area contributed by atoms with Crippen molar-refractivity contribution in [2.45, 2.75) is 6.54 Å². The van der Waals surface area contributed by atoms with Crippen LogP contribution in [0.4, 0.5) is 4.39 Å². The molecule has 76 valence electrons. The Morgan fingerprint density at radius 1 is 1.57 bits per heavy atom. The lowest BCUT2D eigenvalue weighted by Crippen LogP contribution is -2.29. The first-order valence-corrected chi connectivity index (χ1v) is 4.42. The number of benzene rings is 1. The molecule has 0 radical (unpaired) electrons. The molecule has 5 heteroatoms. The van der Waals surface area contributed by atoms with Gasteiger partial charge in [-0.25, -0.2) is 4.39 Å². The second kappa shape index (κ2) is 4.93. The Labute approximate surface area is 86.0 Å². The van der Waals surface area contributed by atoms with Crippen molar-refractivity contribution in [2.75, 3.05) is 6.54 Å². The minimum Gasteiger partial charge on any atom is -0.351 e. The summed E-state index contributed by atoms with van der Waals surface area (Å²) in [5, 5.41) is 2.89. The highest BCUT2D eigenvalue weighted by Gasteiger charge is 2.04. The number of halogens is 2. The van der Waals surface area contributed by atoms with Crippen molar-refractivity contribution in [3.05, 3.63) is 34.6 Å². The molecule has 0 aromatic heterocycles. The Hall–Kier alpha value is -1.13. The fourth-order valence-electron chi connectivity index (χ4n) is 0.945. The highest BCUT2D eigenvalue weighted by molar-refractivity contribution is 6.30. The molecule has 1 aromatic carbocycles. The van der Waals surface area contributed by atoms with Gasteiger partial charge in [0, 0.05) is 17.1 Å². The molecule has 0 saturated carbocycles. The quantitative estimate of drug-likeness (QED) is 0.794. The maximum Gasteiger partial charge on any atom is 0.234 e. The molecular formula is C9H10ClFN2O. The van der Waals surface area contributed by atoms with E-state index in [0.717, 1.165) is 0 Å². The van der Waals surface area contributed by atoms with Crippen LogP contribution in [-0.2, 0) is 11.3 Å². The van der Waals surface area contributed by atoms with E-state index in [1.165, 1.54) is 18.2 Å². The Bertz CT molecular complexity index is 344. The average molecular weight is 217 g/mol. The number of hydrogen-bond acceptors (Lipinski definition) is 2. The second-order valence-electron chi connectivity index (χ2n) is 2.72. The molecule has 3 N–H and O–H groups in total. The van der Waals surface area contributed by atoms with Crippen LogP contribution in [0.1, 0.15) is 5.56 Å². The Morgan fingerprint density at radius 2 is 2.29 bits per heavy atom. The van der Waals surface area contributed by atoms with Crippen molar-refractivity contribution in [3.8, 4) is 0 Å². The maximum absolute atomic E-state index is 13.1. The lowest BCUT2D eigenvalue weighted by molar-refractivity contribution is -0.119. The van der Waals surface area contributed by atoms with Crippen molar-refractivity contribution in [2.24, 2.45) is 5.73 Å². The summed E-state index contributed by atoms with van der Waals surface area (Å²) < 4.78 is 13.1. The summed E-state index contributed by atoms with van der Waals surface area (Å²) >= 11 is 5.66. The van der Waals surface area contributed by atoms with Gasteiger partial charge in [0.15, 0.2) is 0 Å². The van der Waals surface area contributed by atoms with E-state index in [4.69, 9.17) is 17.3 Å². The third-order valence-corrected chi connectivity index (χ3v) is 1.90. The van der Waals surface area contributed by atoms with Crippen LogP contribution in [0, 0.1) is 5.82 Å². The molecule has 0 heterocycles. The molecule has 0 aliphatic heterocycles. The standard InChI is InChI=1S/C9H10ClFN2O/c10-7-1-2-8(11)6(3-7)5-13-9(14)4-12/h1-3H,4-5,12H2,(H,13,14). The van der Waals surface area contributed by atoms with Gasteiger partial charge in [0.05, 0.1) is 6.54 Å². The van der Waals surface area contributed by atoms with Crippen molar-refractivity contribution < 1.29 is 9.18 Å². The third-order valence-electron chi connectivity index (χ3n) is 1.67. The first-order valence-electron chi connectivity index (χ1n) is 4.04. The molecule has 0 unspecified atom stereocenters. The predicted octanol–water partition coefficient (Wildman–Crippen LogP) is 1.05. The van der Waals surface area contributed by atoms with Crippen LogP contribution in [0.3, 0.4) is 0 Å². The molecule has 0 aliphatic carbocycles. The smallest absolute Gasteiger partial charge is 0.234 e. The SMILES string of the molecule is NCC(=O)NCc1cc(Cl)ccc1F. The molecule has 0 spiro atoms. The van der Waals surface area contributed by atoms with Crippen molar-refractivity contribution in [3.63, 3.8) is 0 Å². The van der Waals surface area contributed by atoms with E-state index in [2.05, 4.69) is 5.32 Å². The van der Waals surface area contributed by atoms with E-state index in [-0.39, 0.29) is 19.0 Å². The van der Waals surface area contributed by atoms with Crippen molar-refractivity contribution in [1.29, 1.82) is 0 Å². The van der Waals surface area contributed by atoms with Crippen LogP contribution in [0.5, 0.6) is 0 Å². The van der Waals surface area contributed by atoms with Crippen molar-refractivity contribution in [1.82, 2.24) is 5.32 Å². The van der Waals surface area contributed by atoms with E-state index in [9.17, 15) is 9.18 Å². The first-order chi connectivity index (χ1) is 6.63. The number of nitrogens with two attached hydrogens (primary N) is 1. The molecule has 0 saturated heterocycles. The molecule has 3 nitrogen and oxygen atoms in total. The Kier molecular flexibility index (Phi) is 3.85. The minimum absolute atomic E-state index is 0.0996.